The summed E-state index contributed by atoms with van der Waals surface area (Å²) in [6.07, 6.45) is 0.183. The number of aromatic nitrogens is 1. The lowest BCUT2D eigenvalue weighted by Gasteiger charge is -2.38. The van der Waals surface area contributed by atoms with Gasteiger partial charge in [0.25, 0.3) is 5.91 Å². The fourth-order valence-corrected chi connectivity index (χ4v) is 16.3. The standard InChI is InChI=1S/C92H114N16O19S/c1-9-10-31-74-91(126)108-41-22-32-73(108)85(120)100-69(49-79(113)114)81(116)96-55(4)87(122)105(6)75(46-57-25-16-12-17-26-57)86(121)101-71(45-60-35-39-63(110)40-36-60)89(124)107(8)92(127)103-68(48-61-50-94-65-30-21-20-29-64(61)65)84(119)99-67(43-59-33-37-62(109)38-34-59)83(118)98-66(42-54(2)3)82(117)102-72(80(115)95-51-77(93)111)52-128-53-78(112)97-70(44-56-23-14-11-15-24-56)88(123)106(7)76(90(125)104(74)5)47-58-27-18-13-19-28-58/h11-21,23-30,33-40,50,54-55,66-76,94,109-110H,9-10,22,31-32,41-49,51-53H2,1-8H3,(H2,93,111)(H,95,115)(H,96,116)(H,97,112)(H,98,118)(H,99,119)(H,100,120)(H,101,121)(H,102,117)(H,103,127)(H,113,114)/t55-,66-,67-,68-,69-,70-,71-,72-,73+,74-,75?,76-/m0/s1. The minimum Gasteiger partial charge on any atom is -0.508 e. The number of benzene rings is 6. The van der Waals surface area contributed by atoms with Gasteiger partial charge in [-0.3, -0.25) is 76.8 Å². The number of aromatic hydroxyl groups is 2. The zero-order chi connectivity index (χ0) is 93.0. The topological polar surface area (TPSA) is 500 Å². The Morgan fingerprint density at radius 2 is 0.984 bits per heavy atom. The molecular weight excluding hydrogens is 1670 g/mol. The van der Waals surface area contributed by atoms with E-state index in [0.717, 1.165) is 23.7 Å². The van der Waals surface area contributed by atoms with Gasteiger partial charge >= 0.3 is 12.0 Å². The minimum absolute atomic E-state index is 0.0211. The Labute approximate surface area is 745 Å². The number of carboxylic acids is 1. The van der Waals surface area contributed by atoms with Crippen molar-refractivity contribution >= 4 is 117 Å². The second-order valence-electron chi connectivity index (χ2n) is 32.6. The number of hydrogen-bond acceptors (Lipinski definition) is 19. The highest BCUT2D eigenvalue weighted by Gasteiger charge is 2.45. The number of urea groups is 1. The molecule has 2 saturated heterocycles. The number of para-hydroxylation sites is 1. The van der Waals surface area contributed by atoms with Crippen LogP contribution >= 0.6 is 11.8 Å². The van der Waals surface area contributed by atoms with Crippen molar-refractivity contribution in [1.29, 1.82) is 0 Å². The molecule has 2 fully saturated rings. The number of unbranched alkanes of at least 4 members (excludes halogenated alkanes) is 1. The first kappa shape index (κ1) is 98.1. The molecular formula is C92H114N16O19S. The summed E-state index contributed by atoms with van der Waals surface area (Å²) >= 11 is 0.829. The van der Waals surface area contributed by atoms with E-state index in [4.69, 9.17) is 5.73 Å². The van der Waals surface area contributed by atoms with Gasteiger partial charge in [0.2, 0.25) is 76.8 Å². The van der Waals surface area contributed by atoms with Crippen LogP contribution in [0.5, 0.6) is 11.5 Å². The number of carbonyl (C=O) groups is 16. The van der Waals surface area contributed by atoms with Crippen molar-refractivity contribution < 1.29 is 92.0 Å². The van der Waals surface area contributed by atoms with E-state index in [9.17, 15) is 53.7 Å². The van der Waals surface area contributed by atoms with E-state index in [2.05, 4.69) is 52.8 Å². The van der Waals surface area contributed by atoms with Crippen molar-refractivity contribution in [3.63, 3.8) is 0 Å². The summed E-state index contributed by atoms with van der Waals surface area (Å²) in [5.41, 5.74) is 8.96. The normalized spacial score (nSPS) is 22.9. The van der Waals surface area contributed by atoms with Gasteiger partial charge in [0.1, 0.15) is 84.0 Å². The number of nitrogens with one attached hydrogen (secondary N) is 10. The lowest BCUT2D eigenvalue weighted by Crippen LogP contribution is -2.61. The number of rotatable bonds is 22. The number of phenolic OH excluding ortho intramolecular Hbond substituents is 2. The van der Waals surface area contributed by atoms with Crippen molar-refractivity contribution in [1.82, 2.24) is 77.3 Å². The van der Waals surface area contributed by atoms with Gasteiger partial charge < -0.3 is 93.5 Å². The Hall–Kier alpha value is -13.7. The van der Waals surface area contributed by atoms with Gasteiger partial charge in [-0.25, -0.2) is 4.79 Å². The molecule has 2 aliphatic rings. The number of nitrogens with two attached hydrogens (primary N) is 1. The van der Waals surface area contributed by atoms with Crippen LogP contribution in [0.2, 0.25) is 0 Å². The second kappa shape index (κ2) is 47.1. The molecule has 36 heteroatoms. The molecule has 0 spiro atoms. The fourth-order valence-electron chi connectivity index (χ4n) is 15.4. The van der Waals surface area contributed by atoms with Crippen molar-refractivity contribution in [2.45, 2.75) is 184 Å². The van der Waals surface area contributed by atoms with Crippen molar-refractivity contribution in [3.05, 3.63) is 203 Å². The SMILES string of the molecule is CCCC[C@H]1C(=O)N2CCC[C@@H]2C(=O)N[C@@H](CC(=O)O)C(=O)N[C@@H](C)C(=O)N(C)C(Cc2ccccc2)C(=O)N[C@@H](Cc2ccc(O)cc2)C(=O)N(C)C(=O)N[C@@H](Cc2c[nH]c3ccccc23)C(=O)N[C@@H](Cc2ccc(O)cc2)C(=O)N[C@@H](CC(C)C)C(=O)N[C@H](C(=O)NCC(N)=O)CSCC(=O)N[C@@H](Cc2ccccc2)C(=O)N(C)[C@@H](Cc2ccccc2)C(=O)N1C. The number of carboxylic acid groups (broad SMARTS) is 1. The summed E-state index contributed by atoms with van der Waals surface area (Å²) in [5.74, 6) is -15.9. The van der Waals surface area contributed by atoms with Crippen molar-refractivity contribution in [2.24, 2.45) is 11.7 Å². The molecule has 682 valence electrons. The zero-order valence-electron chi connectivity index (χ0n) is 72.8. The number of H-pyrrole nitrogens is 1. The maximum absolute atomic E-state index is 15.7. The van der Waals surface area contributed by atoms with E-state index in [-0.39, 0.29) is 88.2 Å². The Kier molecular flexibility index (Phi) is 36.1. The number of phenols is 2. The molecule has 0 saturated carbocycles. The van der Waals surface area contributed by atoms with Crippen LogP contribution in [0.25, 0.3) is 10.9 Å². The highest BCUT2D eigenvalue weighted by molar-refractivity contribution is 8.00. The van der Waals surface area contributed by atoms with Gasteiger partial charge in [-0.15, -0.1) is 11.8 Å². The first-order chi connectivity index (χ1) is 61.1. The van der Waals surface area contributed by atoms with Gasteiger partial charge in [0, 0.05) is 96.1 Å². The number of aliphatic carboxylic acids is 1. The van der Waals surface area contributed by atoms with Crippen LogP contribution in [0.3, 0.4) is 0 Å². The number of imide groups is 1. The summed E-state index contributed by atoms with van der Waals surface area (Å²) in [6.45, 7) is 5.88. The van der Waals surface area contributed by atoms with Crippen LogP contribution in [-0.2, 0) is 110 Å². The van der Waals surface area contributed by atoms with Crippen LogP contribution in [0, 0.1) is 5.92 Å². The molecule has 128 heavy (non-hydrogen) atoms. The maximum Gasteiger partial charge on any atom is 0.324 e. The number of primary amides is 1. The Bertz CT molecular complexity index is 5090. The second-order valence-corrected chi connectivity index (χ2v) is 33.6. The van der Waals surface area contributed by atoms with E-state index in [1.165, 1.54) is 91.3 Å². The van der Waals surface area contributed by atoms with Gasteiger partial charge in [-0.05, 0) is 102 Å². The smallest absolute Gasteiger partial charge is 0.324 e. The highest BCUT2D eigenvalue weighted by Crippen LogP contribution is 2.27. The Morgan fingerprint density at radius 3 is 1.55 bits per heavy atom. The van der Waals surface area contributed by atoms with Crippen molar-refractivity contribution in [3.8, 4) is 11.5 Å². The lowest BCUT2D eigenvalue weighted by atomic mass is 9.99. The van der Waals surface area contributed by atoms with Crippen LogP contribution in [0.15, 0.2) is 170 Å². The number of amides is 16. The predicted molar refractivity (Wildman–Crippen MR) is 476 cm³/mol. The van der Waals surface area contributed by atoms with Gasteiger partial charge in [-0.2, -0.15) is 0 Å². The number of fused-ring (bicyclic) bond motifs is 2. The number of thioether (sulfide) groups is 1. The molecule has 0 aliphatic carbocycles. The lowest BCUT2D eigenvalue weighted by molar-refractivity contribution is -0.152. The first-order valence-electron chi connectivity index (χ1n) is 42.5. The summed E-state index contributed by atoms with van der Waals surface area (Å²) in [4.78, 5) is 244. The van der Waals surface area contributed by atoms with Crippen LogP contribution in [-0.4, -0.2) is 265 Å². The fraction of sp³-hybridized carbons (Fsp3) is 0.413. The van der Waals surface area contributed by atoms with Crippen molar-refractivity contribution in [2.75, 3.05) is 52.8 Å². The zero-order valence-corrected chi connectivity index (χ0v) is 73.6. The Balaban J connectivity index is 1.12. The van der Waals surface area contributed by atoms with E-state index < -0.39 is 192 Å². The molecule has 0 radical (unpaired) electrons. The minimum atomic E-state index is -1.89. The molecule has 1 aromatic heterocycles. The number of carbonyl (C=O) groups excluding carboxylic acids is 15. The number of likely N-dealkylation sites (N-methyl/N-ethyl adjacent to an activating group) is 4. The molecule has 35 nitrogen and oxygen atoms in total. The third kappa shape index (κ3) is 27.9. The number of aromatic amines is 1. The summed E-state index contributed by atoms with van der Waals surface area (Å²) in [7, 11) is 5.10. The average Bonchev–Trinajstić information content (AvgIpc) is 1.49. The molecule has 0 bridgehead atoms. The molecule has 12 atom stereocenters. The van der Waals surface area contributed by atoms with E-state index in [1.807, 2.05) is 6.92 Å². The van der Waals surface area contributed by atoms with E-state index >= 15 is 38.4 Å². The molecule has 6 aromatic carbocycles. The van der Waals surface area contributed by atoms with Gasteiger partial charge in [-0.1, -0.05) is 167 Å². The summed E-state index contributed by atoms with van der Waals surface area (Å²) in [5, 5.41) is 55.4. The molecule has 2 aliphatic heterocycles. The molecule has 3 heterocycles. The Morgan fingerprint density at radius 1 is 0.500 bits per heavy atom. The number of hydrogen-bond donors (Lipinski definition) is 14. The maximum atomic E-state index is 15.7. The van der Waals surface area contributed by atoms with Gasteiger partial charge in [0.05, 0.1) is 18.7 Å². The molecule has 15 N–H and O–H groups in total. The third-order valence-electron chi connectivity index (χ3n) is 22.5. The predicted octanol–water partition coefficient (Wildman–Crippen LogP) is 2.82. The molecule has 9 rings (SSSR count). The van der Waals surface area contributed by atoms with Gasteiger partial charge in [0.15, 0.2) is 0 Å². The first-order valence-corrected chi connectivity index (χ1v) is 43.6. The molecule has 1 unspecified atom stereocenters. The van der Waals surface area contributed by atoms with Crippen LogP contribution in [0.4, 0.5) is 4.79 Å². The molecule has 16 amide bonds. The average molecular weight is 1780 g/mol. The number of nitrogens with zero attached hydrogens (tertiary/aromatic N) is 5. The van der Waals surface area contributed by atoms with Crippen LogP contribution < -0.4 is 53.6 Å². The molecule has 7 aromatic rings. The quantitative estimate of drug-likeness (QED) is 0.0464. The largest absolute Gasteiger partial charge is 0.508 e. The summed E-state index contributed by atoms with van der Waals surface area (Å²) in [6, 6.07) is 24.1. The highest BCUT2D eigenvalue weighted by atomic mass is 32.2. The summed E-state index contributed by atoms with van der Waals surface area (Å²) < 4.78 is 0. The monoisotopic (exact) mass is 1780 g/mol. The van der Waals surface area contributed by atoms with Crippen LogP contribution in [0.1, 0.15) is 106 Å². The van der Waals surface area contributed by atoms with E-state index in [1.54, 1.807) is 135 Å². The third-order valence-corrected chi connectivity index (χ3v) is 23.5. The van der Waals surface area contributed by atoms with E-state index in [0.29, 0.717) is 62.0 Å².